The molecule has 0 radical (unpaired) electrons. The summed E-state index contributed by atoms with van der Waals surface area (Å²) in [5.74, 6) is 0.813. The highest BCUT2D eigenvalue weighted by molar-refractivity contribution is 5.82. The zero-order valence-electron chi connectivity index (χ0n) is 16.7. The summed E-state index contributed by atoms with van der Waals surface area (Å²) in [6.07, 6.45) is 3.82. The third-order valence-electron chi connectivity index (χ3n) is 5.04. The molecule has 2 aromatic rings. The SMILES string of the molecule is CC(C)=CCc1c(OCCCN2CCN(C)CC2)ccc2ccc(=O)oc12. The van der Waals surface area contributed by atoms with Crippen LogP contribution in [0.4, 0.5) is 0 Å². The van der Waals surface area contributed by atoms with Crippen LogP contribution in [0, 0.1) is 0 Å². The van der Waals surface area contributed by atoms with Crippen molar-refractivity contribution in [2.24, 2.45) is 0 Å². The van der Waals surface area contributed by atoms with Crippen molar-refractivity contribution in [3.63, 3.8) is 0 Å². The Morgan fingerprint density at radius 1 is 1.15 bits per heavy atom. The molecular formula is C22H30N2O3. The molecule has 1 saturated heterocycles. The second kappa shape index (κ2) is 9.20. The van der Waals surface area contributed by atoms with Gasteiger partial charge in [0, 0.05) is 49.7 Å². The van der Waals surface area contributed by atoms with E-state index in [4.69, 9.17) is 9.15 Å². The molecule has 5 heteroatoms. The molecule has 1 aliphatic heterocycles. The van der Waals surface area contributed by atoms with Crippen LogP contribution >= 0.6 is 0 Å². The van der Waals surface area contributed by atoms with E-state index >= 15 is 0 Å². The Labute approximate surface area is 161 Å². The van der Waals surface area contributed by atoms with Gasteiger partial charge in [-0.15, -0.1) is 0 Å². The number of hydrogen-bond donors (Lipinski definition) is 0. The molecule has 0 bridgehead atoms. The first-order valence-electron chi connectivity index (χ1n) is 9.76. The lowest BCUT2D eigenvalue weighted by molar-refractivity contribution is 0.145. The van der Waals surface area contributed by atoms with E-state index in [1.807, 2.05) is 18.2 Å². The maximum atomic E-state index is 11.7. The van der Waals surface area contributed by atoms with E-state index in [0.717, 1.165) is 55.8 Å². The number of piperazine rings is 1. The van der Waals surface area contributed by atoms with E-state index in [9.17, 15) is 4.79 Å². The summed E-state index contributed by atoms with van der Waals surface area (Å²) < 4.78 is 11.6. The summed E-state index contributed by atoms with van der Waals surface area (Å²) in [6, 6.07) is 7.22. The summed E-state index contributed by atoms with van der Waals surface area (Å²) in [6.45, 7) is 10.4. The maximum Gasteiger partial charge on any atom is 0.336 e. The van der Waals surface area contributed by atoms with Gasteiger partial charge in [-0.1, -0.05) is 11.6 Å². The second-order valence-electron chi connectivity index (χ2n) is 7.55. The van der Waals surface area contributed by atoms with Gasteiger partial charge < -0.3 is 19.0 Å². The smallest absolute Gasteiger partial charge is 0.336 e. The average molecular weight is 370 g/mol. The Kier molecular flexibility index (Phi) is 6.69. The van der Waals surface area contributed by atoms with E-state index in [0.29, 0.717) is 18.6 Å². The molecule has 2 heterocycles. The van der Waals surface area contributed by atoms with Gasteiger partial charge in [0.25, 0.3) is 0 Å². The molecule has 3 rings (SSSR count). The first kappa shape index (κ1) is 19.6. The van der Waals surface area contributed by atoms with Crippen LogP contribution < -0.4 is 10.4 Å². The van der Waals surface area contributed by atoms with E-state index in [-0.39, 0.29) is 5.63 Å². The van der Waals surface area contributed by atoms with Gasteiger partial charge >= 0.3 is 5.63 Å². The van der Waals surface area contributed by atoms with Crippen LogP contribution in [-0.2, 0) is 6.42 Å². The zero-order chi connectivity index (χ0) is 19.2. The summed E-state index contributed by atoms with van der Waals surface area (Å²) in [5.41, 5.74) is 2.49. The third-order valence-corrected chi connectivity index (χ3v) is 5.04. The van der Waals surface area contributed by atoms with Crippen LogP contribution in [0.5, 0.6) is 5.75 Å². The number of nitrogens with zero attached hydrogens (tertiary/aromatic N) is 2. The van der Waals surface area contributed by atoms with Crippen LogP contribution in [0.3, 0.4) is 0 Å². The number of ether oxygens (including phenoxy) is 1. The maximum absolute atomic E-state index is 11.7. The molecule has 0 amide bonds. The van der Waals surface area contributed by atoms with E-state index in [1.165, 1.54) is 11.6 Å². The van der Waals surface area contributed by atoms with Crippen molar-refractivity contribution in [1.29, 1.82) is 0 Å². The van der Waals surface area contributed by atoms with Crippen molar-refractivity contribution >= 4 is 11.0 Å². The lowest BCUT2D eigenvalue weighted by Crippen LogP contribution is -2.44. The Hall–Kier alpha value is -2.11. The number of likely N-dealkylation sites (N-methyl/N-ethyl adjacent to an activating group) is 1. The summed E-state index contributed by atoms with van der Waals surface area (Å²) in [4.78, 5) is 16.6. The molecule has 1 aliphatic rings. The van der Waals surface area contributed by atoms with Crippen molar-refractivity contribution in [2.75, 3.05) is 46.4 Å². The molecule has 146 valence electrons. The fourth-order valence-electron chi connectivity index (χ4n) is 3.35. The lowest BCUT2D eigenvalue weighted by atomic mass is 10.1. The Bertz CT molecular complexity index is 844. The van der Waals surface area contributed by atoms with E-state index < -0.39 is 0 Å². The lowest BCUT2D eigenvalue weighted by Gasteiger charge is -2.32. The van der Waals surface area contributed by atoms with Gasteiger partial charge in [-0.3, -0.25) is 0 Å². The van der Waals surface area contributed by atoms with E-state index in [2.05, 4.69) is 36.8 Å². The molecule has 0 N–H and O–H groups in total. The Morgan fingerprint density at radius 3 is 2.63 bits per heavy atom. The van der Waals surface area contributed by atoms with Crippen LogP contribution in [0.1, 0.15) is 25.8 Å². The van der Waals surface area contributed by atoms with Gasteiger partial charge in [0.15, 0.2) is 0 Å². The second-order valence-corrected chi connectivity index (χ2v) is 7.55. The molecule has 0 spiro atoms. The van der Waals surface area contributed by atoms with Gasteiger partial charge in [0.05, 0.1) is 6.61 Å². The monoisotopic (exact) mass is 370 g/mol. The van der Waals surface area contributed by atoms with Crippen molar-refractivity contribution in [3.8, 4) is 5.75 Å². The highest BCUT2D eigenvalue weighted by Crippen LogP contribution is 2.28. The quantitative estimate of drug-likeness (QED) is 0.425. The summed E-state index contributed by atoms with van der Waals surface area (Å²) >= 11 is 0. The number of hydrogen-bond acceptors (Lipinski definition) is 5. The fourth-order valence-corrected chi connectivity index (χ4v) is 3.35. The standard InChI is InChI=1S/C22H30N2O3/c1-17(2)5-8-19-20(9-6-18-7-10-21(25)27-22(18)19)26-16-4-11-24-14-12-23(3)13-15-24/h5-7,9-10H,4,8,11-16H2,1-3H3. The van der Waals surface area contributed by atoms with Crippen molar-refractivity contribution in [1.82, 2.24) is 9.80 Å². The van der Waals surface area contributed by atoms with Crippen LogP contribution in [0.2, 0.25) is 0 Å². The predicted octanol–water partition coefficient (Wildman–Crippen LogP) is 3.32. The molecule has 0 atom stereocenters. The highest BCUT2D eigenvalue weighted by Gasteiger charge is 2.14. The van der Waals surface area contributed by atoms with Gasteiger partial charge in [0.1, 0.15) is 11.3 Å². The van der Waals surface area contributed by atoms with Gasteiger partial charge in [-0.05, 0) is 51.9 Å². The number of allylic oxidation sites excluding steroid dienone is 2. The number of rotatable bonds is 7. The van der Waals surface area contributed by atoms with Gasteiger partial charge in [-0.25, -0.2) is 4.79 Å². The molecule has 0 aliphatic carbocycles. The molecule has 0 saturated carbocycles. The zero-order valence-corrected chi connectivity index (χ0v) is 16.7. The molecule has 1 aromatic carbocycles. The van der Waals surface area contributed by atoms with Gasteiger partial charge in [-0.2, -0.15) is 0 Å². The molecule has 1 aromatic heterocycles. The third kappa shape index (κ3) is 5.44. The number of benzene rings is 1. The van der Waals surface area contributed by atoms with Crippen molar-refractivity contribution < 1.29 is 9.15 Å². The van der Waals surface area contributed by atoms with Crippen LogP contribution in [0.15, 0.2) is 45.1 Å². The molecule has 0 unspecified atom stereocenters. The largest absolute Gasteiger partial charge is 0.493 e. The minimum absolute atomic E-state index is 0.326. The molecule has 5 nitrogen and oxygen atoms in total. The summed E-state index contributed by atoms with van der Waals surface area (Å²) in [7, 11) is 2.17. The first-order chi connectivity index (χ1) is 13.0. The molecule has 27 heavy (non-hydrogen) atoms. The topological polar surface area (TPSA) is 45.9 Å². The minimum Gasteiger partial charge on any atom is -0.493 e. The predicted molar refractivity (Wildman–Crippen MR) is 110 cm³/mol. The van der Waals surface area contributed by atoms with Gasteiger partial charge in [0.2, 0.25) is 0 Å². The van der Waals surface area contributed by atoms with Crippen molar-refractivity contribution in [3.05, 3.63) is 51.9 Å². The van der Waals surface area contributed by atoms with Crippen LogP contribution in [0.25, 0.3) is 11.0 Å². The van der Waals surface area contributed by atoms with Crippen LogP contribution in [-0.4, -0.2) is 56.2 Å². The van der Waals surface area contributed by atoms with E-state index in [1.54, 1.807) is 0 Å². The number of fused-ring (bicyclic) bond motifs is 1. The first-order valence-corrected chi connectivity index (χ1v) is 9.76. The fraction of sp³-hybridized carbons (Fsp3) is 0.500. The Morgan fingerprint density at radius 2 is 1.89 bits per heavy atom. The molecule has 1 fully saturated rings. The highest BCUT2D eigenvalue weighted by atomic mass is 16.5. The average Bonchev–Trinajstić information content (AvgIpc) is 2.65. The normalized spacial score (nSPS) is 15.8. The minimum atomic E-state index is -0.326. The molecular weight excluding hydrogens is 340 g/mol. The van der Waals surface area contributed by atoms with Crippen molar-refractivity contribution in [2.45, 2.75) is 26.7 Å². The summed E-state index contributed by atoms with van der Waals surface area (Å²) in [5, 5.41) is 0.927. The Balaban J connectivity index is 1.68.